The molecular weight excluding hydrogens is 317 g/mol. The maximum Gasteiger partial charge on any atom is 0.337 e. The van der Waals surface area contributed by atoms with Gasteiger partial charge in [-0.2, -0.15) is 0 Å². The number of hydrogen-bond acceptors (Lipinski definition) is 2. The van der Waals surface area contributed by atoms with E-state index in [1.807, 2.05) is 18.2 Å². The standard InChI is InChI=1S/C21H20FNO2/c22-16-7-2-1-4-13(16)20-18-12-9-8-11(10-12)17(18)14-5-3-6-15(21(24)25)19(14)23-20/h1-7,11-12,17-18,20,23H,8-10H2,(H,24,25)/t11-,12-,17-,18+,20+/m0/s1. The van der Waals surface area contributed by atoms with Crippen molar-refractivity contribution in [2.75, 3.05) is 5.32 Å². The highest BCUT2D eigenvalue weighted by molar-refractivity contribution is 5.95. The monoisotopic (exact) mass is 337 g/mol. The van der Waals surface area contributed by atoms with Crippen LogP contribution in [0.1, 0.15) is 52.7 Å². The predicted octanol–water partition coefficient (Wildman–Crippen LogP) is 4.82. The van der Waals surface area contributed by atoms with Crippen LogP contribution < -0.4 is 5.32 Å². The van der Waals surface area contributed by atoms with Gasteiger partial charge in [0.25, 0.3) is 0 Å². The highest BCUT2D eigenvalue weighted by Crippen LogP contribution is 2.64. The summed E-state index contributed by atoms with van der Waals surface area (Å²) < 4.78 is 14.6. The van der Waals surface area contributed by atoms with Crippen molar-refractivity contribution in [3.63, 3.8) is 0 Å². The summed E-state index contributed by atoms with van der Waals surface area (Å²) in [6, 6.07) is 12.3. The van der Waals surface area contributed by atoms with Crippen LogP contribution in [0.3, 0.4) is 0 Å². The van der Waals surface area contributed by atoms with Crippen molar-refractivity contribution in [3.8, 4) is 0 Å². The number of aromatic carboxylic acids is 1. The van der Waals surface area contributed by atoms with Crippen molar-refractivity contribution in [1.82, 2.24) is 0 Å². The first-order valence-electron chi connectivity index (χ1n) is 9.02. The van der Waals surface area contributed by atoms with Gasteiger partial charge in [0, 0.05) is 5.56 Å². The Hall–Kier alpha value is -2.36. The summed E-state index contributed by atoms with van der Waals surface area (Å²) >= 11 is 0. The lowest BCUT2D eigenvalue weighted by Crippen LogP contribution is -2.36. The number of fused-ring (bicyclic) bond motifs is 7. The molecule has 128 valence electrons. The van der Waals surface area contributed by atoms with Crippen LogP contribution in [-0.2, 0) is 0 Å². The zero-order chi connectivity index (χ0) is 17.1. The highest BCUT2D eigenvalue weighted by Gasteiger charge is 2.54. The molecule has 0 radical (unpaired) electrons. The molecule has 2 aromatic rings. The quantitative estimate of drug-likeness (QED) is 0.826. The van der Waals surface area contributed by atoms with Crippen LogP contribution in [0.2, 0.25) is 0 Å². The number of nitrogens with one attached hydrogen (secondary N) is 1. The molecule has 5 atom stereocenters. The first kappa shape index (κ1) is 14.9. The van der Waals surface area contributed by atoms with Crippen LogP contribution in [0.15, 0.2) is 42.5 Å². The molecule has 1 heterocycles. The summed E-state index contributed by atoms with van der Waals surface area (Å²) in [5.41, 5.74) is 2.76. The molecule has 0 saturated heterocycles. The third-order valence-corrected chi connectivity index (χ3v) is 6.59. The second-order valence-electron chi connectivity index (χ2n) is 7.65. The lowest BCUT2D eigenvalue weighted by molar-refractivity contribution is 0.0697. The fraction of sp³-hybridized carbons (Fsp3) is 0.381. The number of carboxylic acids is 1. The zero-order valence-electron chi connectivity index (χ0n) is 13.8. The molecule has 2 saturated carbocycles. The molecular formula is C21H20FNO2. The molecule has 0 amide bonds. The van der Waals surface area contributed by atoms with Crippen molar-refractivity contribution in [3.05, 3.63) is 65.0 Å². The van der Waals surface area contributed by atoms with Gasteiger partial charge in [-0.15, -0.1) is 0 Å². The summed E-state index contributed by atoms with van der Waals surface area (Å²) in [6.45, 7) is 0. The number of anilines is 1. The van der Waals surface area contributed by atoms with Crippen LogP contribution in [-0.4, -0.2) is 11.1 Å². The topological polar surface area (TPSA) is 49.3 Å². The van der Waals surface area contributed by atoms with Crippen molar-refractivity contribution >= 4 is 11.7 Å². The van der Waals surface area contributed by atoms with Crippen LogP contribution in [0.25, 0.3) is 0 Å². The first-order chi connectivity index (χ1) is 12.1. The SMILES string of the molecule is O=C(O)c1cccc2c1N[C@H](c1ccccc1F)[C@@H]1[C@H]3CC[C@@H](C3)[C@@H]21. The molecule has 3 aliphatic rings. The predicted molar refractivity (Wildman–Crippen MR) is 93.2 cm³/mol. The van der Waals surface area contributed by atoms with E-state index in [0.29, 0.717) is 40.5 Å². The number of para-hydroxylation sites is 1. The maximum absolute atomic E-state index is 14.6. The molecule has 0 aromatic heterocycles. The smallest absolute Gasteiger partial charge is 0.337 e. The molecule has 2 N–H and O–H groups in total. The molecule has 25 heavy (non-hydrogen) atoms. The zero-order valence-corrected chi connectivity index (χ0v) is 13.8. The molecule has 2 bridgehead atoms. The summed E-state index contributed by atoms with van der Waals surface area (Å²) in [7, 11) is 0. The van der Waals surface area contributed by atoms with E-state index in [1.54, 1.807) is 12.1 Å². The van der Waals surface area contributed by atoms with Crippen molar-refractivity contribution in [1.29, 1.82) is 0 Å². The van der Waals surface area contributed by atoms with E-state index in [4.69, 9.17) is 0 Å². The Labute approximate surface area is 145 Å². The van der Waals surface area contributed by atoms with Gasteiger partial charge < -0.3 is 10.4 Å². The summed E-state index contributed by atoms with van der Waals surface area (Å²) in [6.07, 6.45) is 3.58. The van der Waals surface area contributed by atoms with Gasteiger partial charge >= 0.3 is 5.97 Å². The van der Waals surface area contributed by atoms with Crippen LogP contribution in [0.5, 0.6) is 0 Å². The lowest BCUT2D eigenvalue weighted by Gasteiger charge is -2.44. The summed E-state index contributed by atoms with van der Waals surface area (Å²) in [5.74, 6) is 0.713. The average molecular weight is 337 g/mol. The van der Waals surface area contributed by atoms with Crippen molar-refractivity contribution in [2.45, 2.75) is 31.2 Å². The minimum atomic E-state index is -0.932. The number of hydrogen-bond donors (Lipinski definition) is 2. The summed E-state index contributed by atoms with van der Waals surface area (Å²) in [5, 5.41) is 13.1. The van der Waals surface area contributed by atoms with Gasteiger partial charge in [0.05, 0.1) is 17.3 Å². The van der Waals surface area contributed by atoms with Gasteiger partial charge in [-0.1, -0.05) is 30.3 Å². The van der Waals surface area contributed by atoms with Gasteiger partial charge in [0.15, 0.2) is 0 Å². The third kappa shape index (κ3) is 2.06. The van der Waals surface area contributed by atoms with E-state index in [-0.39, 0.29) is 11.9 Å². The minimum absolute atomic E-state index is 0.158. The molecule has 3 nitrogen and oxygen atoms in total. The summed E-state index contributed by atoms with van der Waals surface area (Å²) in [4.78, 5) is 11.7. The first-order valence-corrected chi connectivity index (χ1v) is 9.02. The Morgan fingerprint density at radius 3 is 2.60 bits per heavy atom. The van der Waals surface area contributed by atoms with Crippen LogP contribution in [0.4, 0.5) is 10.1 Å². The average Bonchev–Trinajstić information content (AvgIpc) is 3.23. The van der Waals surface area contributed by atoms with E-state index in [2.05, 4.69) is 11.4 Å². The van der Waals surface area contributed by atoms with Crippen LogP contribution in [0, 0.1) is 23.6 Å². The van der Waals surface area contributed by atoms with Gasteiger partial charge in [-0.05, 0) is 60.6 Å². The largest absolute Gasteiger partial charge is 0.478 e. The molecule has 2 aliphatic carbocycles. The normalized spacial score (nSPS) is 32.0. The lowest BCUT2D eigenvalue weighted by atomic mass is 9.67. The van der Waals surface area contributed by atoms with E-state index < -0.39 is 5.97 Å². The van der Waals surface area contributed by atoms with Gasteiger partial charge in [-0.3, -0.25) is 0 Å². The number of benzene rings is 2. The van der Waals surface area contributed by atoms with Gasteiger partial charge in [0.1, 0.15) is 5.82 Å². The second kappa shape index (κ2) is 5.32. The van der Waals surface area contributed by atoms with E-state index >= 15 is 0 Å². The molecule has 5 rings (SSSR count). The minimum Gasteiger partial charge on any atom is -0.478 e. The highest BCUT2D eigenvalue weighted by atomic mass is 19.1. The maximum atomic E-state index is 14.6. The number of rotatable bonds is 2. The molecule has 2 fully saturated rings. The van der Waals surface area contributed by atoms with Crippen LogP contribution >= 0.6 is 0 Å². The van der Waals surface area contributed by atoms with Crippen molar-refractivity contribution in [2.24, 2.45) is 17.8 Å². The Balaban J connectivity index is 1.70. The molecule has 4 heteroatoms. The fourth-order valence-corrected chi connectivity index (χ4v) is 5.73. The Kier molecular flexibility index (Phi) is 3.18. The van der Waals surface area contributed by atoms with Gasteiger partial charge in [0.2, 0.25) is 0 Å². The Bertz CT molecular complexity index is 865. The number of halogens is 1. The number of carboxylic acid groups (broad SMARTS) is 1. The third-order valence-electron chi connectivity index (χ3n) is 6.59. The molecule has 1 aliphatic heterocycles. The van der Waals surface area contributed by atoms with E-state index in [0.717, 1.165) is 5.56 Å². The fourth-order valence-electron chi connectivity index (χ4n) is 5.73. The Morgan fingerprint density at radius 1 is 1.04 bits per heavy atom. The van der Waals surface area contributed by atoms with E-state index in [1.165, 1.54) is 25.3 Å². The second-order valence-corrected chi connectivity index (χ2v) is 7.65. The number of carbonyl (C=O) groups is 1. The van der Waals surface area contributed by atoms with E-state index in [9.17, 15) is 14.3 Å². The van der Waals surface area contributed by atoms with Crippen molar-refractivity contribution < 1.29 is 14.3 Å². The molecule has 2 aromatic carbocycles. The Morgan fingerprint density at radius 2 is 1.80 bits per heavy atom. The molecule has 0 unspecified atom stereocenters. The van der Waals surface area contributed by atoms with Gasteiger partial charge in [-0.25, -0.2) is 9.18 Å². The molecule has 0 spiro atoms.